The van der Waals surface area contributed by atoms with E-state index in [0.717, 1.165) is 11.0 Å². The van der Waals surface area contributed by atoms with Crippen molar-refractivity contribution in [2.45, 2.75) is 0 Å². The third kappa shape index (κ3) is 2.50. The zero-order chi connectivity index (χ0) is 15.6. The van der Waals surface area contributed by atoms with Gasteiger partial charge < -0.3 is 4.98 Å². The number of benzene rings is 1. The highest BCUT2D eigenvalue weighted by molar-refractivity contribution is 6.02. The molecule has 1 amide bonds. The lowest BCUT2D eigenvalue weighted by Gasteiger charge is -2.02. The molecular formula is C14H10N8O. The largest absolute Gasteiger partial charge is 0.324 e. The van der Waals surface area contributed by atoms with E-state index in [1.807, 2.05) is 24.3 Å². The molecule has 0 atom stereocenters. The van der Waals surface area contributed by atoms with Crippen molar-refractivity contribution in [1.29, 1.82) is 0 Å². The molecule has 4 rings (SSSR count). The summed E-state index contributed by atoms with van der Waals surface area (Å²) in [5, 5.41) is 14.4. The number of H-pyrrole nitrogens is 1. The number of amides is 1. The SMILES string of the molecule is O=C(Nc1nc2ccccc2[nH]1)c1ccc(-n2cncn2)nn1. The van der Waals surface area contributed by atoms with E-state index in [2.05, 4.69) is 35.6 Å². The van der Waals surface area contributed by atoms with Crippen LogP contribution in [0, 0.1) is 0 Å². The summed E-state index contributed by atoms with van der Waals surface area (Å²) in [4.78, 5) is 23.3. The van der Waals surface area contributed by atoms with Crippen LogP contribution in [0.5, 0.6) is 0 Å². The van der Waals surface area contributed by atoms with Crippen LogP contribution in [0.2, 0.25) is 0 Å². The molecule has 0 aliphatic heterocycles. The zero-order valence-electron chi connectivity index (χ0n) is 11.7. The summed E-state index contributed by atoms with van der Waals surface area (Å²) < 4.78 is 1.45. The van der Waals surface area contributed by atoms with Gasteiger partial charge in [-0.3, -0.25) is 10.1 Å². The number of nitrogens with one attached hydrogen (secondary N) is 2. The lowest BCUT2D eigenvalue weighted by Crippen LogP contribution is -2.15. The summed E-state index contributed by atoms with van der Waals surface area (Å²) in [6.07, 6.45) is 2.89. The van der Waals surface area contributed by atoms with Crippen molar-refractivity contribution < 1.29 is 4.79 Å². The molecule has 23 heavy (non-hydrogen) atoms. The van der Waals surface area contributed by atoms with Crippen LogP contribution in [0.3, 0.4) is 0 Å². The number of carbonyl (C=O) groups excluding carboxylic acids is 1. The molecule has 3 heterocycles. The molecule has 0 saturated carbocycles. The molecule has 9 nitrogen and oxygen atoms in total. The van der Waals surface area contributed by atoms with Crippen LogP contribution >= 0.6 is 0 Å². The van der Waals surface area contributed by atoms with Crippen molar-refractivity contribution in [1.82, 2.24) is 34.9 Å². The van der Waals surface area contributed by atoms with Crippen LogP contribution in [-0.2, 0) is 0 Å². The highest BCUT2D eigenvalue weighted by Gasteiger charge is 2.11. The average Bonchev–Trinajstić information content (AvgIpc) is 3.24. The number of hydrogen-bond donors (Lipinski definition) is 2. The maximum absolute atomic E-state index is 12.2. The Balaban J connectivity index is 1.54. The van der Waals surface area contributed by atoms with E-state index in [0.29, 0.717) is 11.8 Å². The predicted molar refractivity (Wildman–Crippen MR) is 81.0 cm³/mol. The molecule has 0 aliphatic carbocycles. The molecule has 0 fully saturated rings. The van der Waals surface area contributed by atoms with Gasteiger partial charge in [0, 0.05) is 0 Å². The standard InChI is InChI=1S/C14H10N8O/c23-13(19-14-17-9-3-1-2-4-10(9)18-14)11-5-6-12(21-20-11)22-8-15-7-16-22/h1-8H,(H2,17,18,19,23). The Morgan fingerprint density at radius 3 is 2.78 bits per heavy atom. The second-order valence-corrected chi connectivity index (χ2v) is 4.67. The molecule has 1 aromatic carbocycles. The Kier molecular flexibility index (Phi) is 3.01. The number of carbonyl (C=O) groups is 1. The van der Waals surface area contributed by atoms with Crippen molar-refractivity contribution in [3.8, 4) is 5.82 Å². The van der Waals surface area contributed by atoms with Gasteiger partial charge in [0.05, 0.1) is 11.0 Å². The monoisotopic (exact) mass is 306 g/mol. The average molecular weight is 306 g/mol. The quantitative estimate of drug-likeness (QED) is 0.587. The third-order valence-electron chi connectivity index (χ3n) is 3.16. The van der Waals surface area contributed by atoms with Gasteiger partial charge >= 0.3 is 0 Å². The van der Waals surface area contributed by atoms with E-state index in [1.54, 1.807) is 12.1 Å². The third-order valence-corrected chi connectivity index (χ3v) is 3.16. The Bertz CT molecular complexity index is 925. The minimum Gasteiger partial charge on any atom is -0.324 e. The summed E-state index contributed by atoms with van der Waals surface area (Å²) >= 11 is 0. The van der Waals surface area contributed by atoms with Crippen molar-refractivity contribution in [3.05, 3.63) is 54.7 Å². The number of anilines is 1. The van der Waals surface area contributed by atoms with Gasteiger partial charge in [-0.2, -0.15) is 5.10 Å². The maximum atomic E-state index is 12.2. The van der Waals surface area contributed by atoms with E-state index in [1.165, 1.54) is 17.3 Å². The normalized spacial score (nSPS) is 10.8. The number of aromatic amines is 1. The molecule has 0 radical (unpaired) electrons. The lowest BCUT2D eigenvalue weighted by atomic mass is 10.3. The minimum atomic E-state index is -0.401. The van der Waals surface area contributed by atoms with E-state index < -0.39 is 5.91 Å². The number of nitrogens with zero attached hydrogens (tertiary/aromatic N) is 6. The first-order chi connectivity index (χ1) is 11.3. The second-order valence-electron chi connectivity index (χ2n) is 4.67. The fourth-order valence-corrected chi connectivity index (χ4v) is 2.08. The first-order valence-electron chi connectivity index (χ1n) is 6.74. The van der Waals surface area contributed by atoms with Gasteiger partial charge in [-0.15, -0.1) is 10.2 Å². The number of hydrogen-bond acceptors (Lipinski definition) is 6. The Hall–Kier alpha value is -3.62. The topological polar surface area (TPSA) is 114 Å². The first-order valence-corrected chi connectivity index (χ1v) is 6.74. The lowest BCUT2D eigenvalue weighted by molar-refractivity contribution is 0.102. The highest BCUT2D eigenvalue weighted by atomic mass is 16.2. The van der Waals surface area contributed by atoms with Gasteiger partial charge in [0.1, 0.15) is 12.7 Å². The van der Waals surface area contributed by atoms with Gasteiger partial charge in [-0.25, -0.2) is 14.6 Å². The van der Waals surface area contributed by atoms with Crippen molar-refractivity contribution in [3.63, 3.8) is 0 Å². The molecule has 0 spiro atoms. The van der Waals surface area contributed by atoms with Gasteiger partial charge in [-0.05, 0) is 24.3 Å². The Labute approximate surface area is 129 Å². The molecule has 0 unspecified atom stereocenters. The molecule has 4 aromatic rings. The van der Waals surface area contributed by atoms with Crippen molar-refractivity contribution >= 4 is 22.9 Å². The number of aromatic nitrogens is 7. The van der Waals surface area contributed by atoms with Crippen LogP contribution in [0.1, 0.15) is 10.5 Å². The van der Waals surface area contributed by atoms with Crippen LogP contribution in [0.4, 0.5) is 5.95 Å². The zero-order valence-corrected chi connectivity index (χ0v) is 11.7. The van der Waals surface area contributed by atoms with Gasteiger partial charge in [-0.1, -0.05) is 12.1 Å². The van der Waals surface area contributed by atoms with Gasteiger partial charge in [0.2, 0.25) is 5.95 Å². The van der Waals surface area contributed by atoms with E-state index in [4.69, 9.17) is 0 Å². The molecule has 2 N–H and O–H groups in total. The van der Waals surface area contributed by atoms with E-state index in [9.17, 15) is 4.79 Å². The number of para-hydroxylation sites is 2. The summed E-state index contributed by atoms with van der Waals surface area (Å²) in [5.41, 5.74) is 1.79. The molecule has 112 valence electrons. The summed E-state index contributed by atoms with van der Waals surface area (Å²) in [6.45, 7) is 0. The molecule has 0 aliphatic rings. The summed E-state index contributed by atoms with van der Waals surface area (Å²) in [6, 6.07) is 10.7. The Morgan fingerprint density at radius 1 is 1.13 bits per heavy atom. The highest BCUT2D eigenvalue weighted by Crippen LogP contribution is 2.13. The Morgan fingerprint density at radius 2 is 2.04 bits per heavy atom. The fraction of sp³-hybridized carbons (Fsp3) is 0. The molecule has 9 heteroatoms. The van der Waals surface area contributed by atoms with Crippen LogP contribution in [-0.4, -0.2) is 40.8 Å². The molecular weight excluding hydrogens is 296 g/mol. The van der Waals surface area contributed by atoms with E-state index in [-0.39, 0.29) is 5.69 Å². The van der Waals surface area contributed by atoms with Crippen LogP contribution in [0.25, 0.3) is 16.9 Å². The van der Waals surface area contributed by atoms with Crippen LogP contribution in [0.15, 0.2) is 49.1 Å². The van der Waals surface area contributed by atoms with Crippen molar-refractivity contribution in [2.24, 2.45) is 0 Å². The van der Waals surface area contributed by atoms with Crippen LogP contribution < -0.4 is 5.32 Å². The van der Waals surface area contributed by atoms with Gasteiger partial charge in [0.15, 0.2) is 11.5 Å². The number of fused-ring (bicyclic) bond motifs is 1. The molecule has 0 bridgehead atoms. The number of rotatable bonds is 3. The van der Waals surface area contributed by atoms with E-state index >= 15 is 0 Å². The van der Waals surface area contributed by atoms with Crippen molar-refractivity contribution in [2.75, 3.05) is 5.32 Å². The smallest absolute Gasteiger partial charge is 0.278 e. The predicted octanol–water partition coefficient (Wildman–Crippen LogP) is 1.19. The molecule has 0 saturated heterocycles. The summed E-state index contributed by atoms with van der Waals surface area (Å²) in [5.74, 6) is 0.433. The maximum Gasteiger partial charge on any atom is 0.278 e. The number of imidazole rings is 1. The van der Waals surface area contributed by atoms with Gasteiger partial charge in [0.25, 0.3) is 5.91 Å². The minimum absolute atomic E-state index is 0.175. The molecule has 3 aromatic heterocycles. The first kappa shape index (κ1) is 13.1. The summed E-state index contributed by atoms with van der Waals surface area (Å²) in [7, 11) is 0. The second kappa shape index (κ2) is 5.30. The fourth-order valence-electron chi connectivity index (χ4n) is 2.08.